The second-order valence-corrected chi connectivity index (χ2v) is 11.6. The third-order valence-corrected chi connectivity index (χ3v) is 8.13. The number of carboxylic acid groups (broad SMARTS) is 2. The standard InChI is InChI=1S/C26H41NO22/c27-6(21(38)39)4-42-23-16(35)13(32)11(5-43-23)47-25-17(36)19(14(33)9(2-28)45-25)49-26-18(37)20(15(34)10(3-29)46-26)48-24-12(31)7(30)1-8(44-24)22(40)41/h1,6-7,9-20,23-26,28-37H,2-5,27H2,(H,38,39)(H,40,41)/t6?,7?,9?,10?,11-,12?,13?,14-,15-,16?,17?,18?,19?,20?,23+,24-,25-,26-/m0/s1. The average Bonchev–Trinajstić information content (AvgIpc) is 3.06. The second-order valence-electron chi connectivity index (χ2n) is 11.6. The molecule has 0 bridgehead atoms. The van der Waals surface area contributed by atoms with E-state index in [9.17, 15) is 65.8 Å². The van der Waals surface area contributed by atoms with E-state index < -0.39 is 155 Å². The largest absolute Gasteiger partial charge is 0.480 e. The number of carbonyl (C=O) groups is 2. The van der Waals surface area contributed by atoms with Gasteiger partial charge in [-0.3, -0.25) is 4.79 Å². The number of hydrogen-bond donors (Lipinski definition) is 13. The predicted octanol–water partition coefficient (Wildman–Crippen LogP) is -8.43. The van der Waals surface area contributed by atoms with Crippen molar-refractivity contribution >= 4 is 11.9 Å². The molecule has 0 amide bonds. The molecule has 49 heavy (non-hydrogen) atoms. The topological polar surface area (TPSA) is 377 Å². The molecule has 0 aromatic rings. The molecule has 0 aromatic heterocycles. The van der Waals surface area contributed by atoms with Gasteiger partial charge in [0.05, 0.1) is 26.4 Å². The maximum Gasteiger partial charge on any atom is 0.371 e. The van der Waals surface area contributed by atoms with E-state index >= 15 is 0 Å². The summed E-state index contributed by atoms with van der Waals surface area (Å²) < 4.78 is 42.9. The minimum Gasteiger partial charge on any atom is -0.480 e. The highest BCUT2D eigenvalue weighted by molar-refractivity contribution is 5.84. The molecule has 14 N–H and O–H groups in total. The van der Waals surface area contributed by atoms with Gasteiger partial charge in [0.25, 0.3) is 0 Å². The Hall–Kier alpha value is -2.24. The molecule has 0 spiro atoms. The molecule has 4 aliphatic heterocycles. The fraction of sp³-hybridized carbons (Fsp3) is 0.846. The summed E-state index contributed by atoms with van der Waals surface area (Å²) in [5, 5.41) is 123. The van der Waals surface area contributed by atoms with Crippen LogP contribution in [0, 0.1) is 0 Å². The molecule has 0 aromatic carbocycles. The second kappa shape index (κ2) is 16.9. The Labute approximate surface area is 275 Å². The molecule has 3 saturated heterocycles. The first-order valence-corrected chi connectivity index (χ1v) is 14.9. The van der Waals surface area contributed by atoms with Crippen molar-refractivity contribution in [3.8, 4) is 0 Å². The van der Waals surface area contributed by atoms with Gasteiger partial charge in [0.1, 0.15) is 85.4 Å². The molecule has 18 atom stereocenters. The van der Waals surface area contributed by atoms with Gasteiger partial charge in [-0.2, -0.15) is 0 Å². The van der Waals surface area contributed by atoms with Crippen LogP contribution in [0.1, 0.15) is 0 Å². The lowest BCUT2D eigenvalue weighted by molar-refractivity contribution is -0.380. The summed E-state index contributed by atoms with van der Waals surface area (Å²) in [6.07, 6.45) is -30.1. The molecule has 23 nitrogen and oxygen atoms in total. The van der Waals surface area contributed by atoms with E-state index in [1.54, 1.807) is 0 Å². The van der Waals surface area contributed by atoms with Gasteiger partial charge in [-0.15, -0.1) is 0 Å². The Morgan fingerprint density at radius 2 is 1.27 bits per heavy atom. The Morgan fingerprint density at radius 3 is 1.78 bits per heavy atom. The summed E-state index contributed by atoms with van der Waals surface area (Å²) in [5.41, 5.74) is 5.35. The molecule has 0 radical (unpaired) electrons. The van der Waals surface area contributed by atoms with Crippen molar-refractivity contribution in [3.63, 3.8) is 0 Å². The summed E-state index contributed by atoms with van der Waals surface area (Å²) in [5.74, 6) is -3.87. The van der Waals surface area contributed by atoms with E-state index in [0.717, 1.165) is 0 Å². The number of aliphatic carboxylic acids is 2. The van der Waals surface area contributed by atoms with Gasteiger partial charge in [-0.05, 0) is 6.08 Å². The van der Waals surface area contributed by atoms with Gasteiger partial charge in [-0.1, -0.05) is 0 Å². The van der Waals surface area contributed by atoms with Crippen molar-refractivity contribution in [3.05, 3.63) is 11.8 Å². The maximum atomic E-state index is 11.4. The average molecular weight is 720 g/mol. The lowest BCUT2D eigenvalue weighted by Crippen LogP contribution is -2.66. The van der Waals surface area contributed by atoms with Crippen LogP contribution in [0.5, 0.6) is 0 Å². The molecule has 0 saturated carbocycles. The Bertz CT molecular complexity index is 1150. The number of carboxylic acids is 2. The quantitative estimate of drug-likeness (QED) is 0.0840. The number of ether oxygens (including phenoxy) is 8. The van der Waals surface area contributed by atoms with Gasteiger partial charge in [-0.25, -0.2) is 4.79 Å². The molecule has 4 aliphatic rings. The lowest BCUT2D eigenvalue weighted by Gasteiger charge is -2.48. The molecule has 4 heterocycles. The highest BCUT2D eigenvalue weighted by Gasteiger charge is 2.54. The highest BCUT2D eigenvalue weighted by Crippen LogP contribution is 2.33. The fourth-order valence-corrected chi connectivity index (χ4v) is 5.32. The SMILES string of the molecule is NC(CO[C@@H]1OC[C@H](O[C@@H]2OC(CO)[C@H](O)C(O[C@@H]3OC(CO)[C@H](O)C(O[C@@H]4OC(C(=O)O)=CC(O)C4O)C3O)C2O)C(O)C1O)C(=O)O. The van der Waals surface area contributed by atoms with Crippen LogP contribution in [0.2, 0.25) is 0 Å². The monoisotopic (exact) mass is 719 g/mol. The van der Waals surface area contributed by atoms with Gasteiger partial charge in [0.2, 0.25) is 12.0 Å². The summed E-state index contributed by atoms with van der Waals surface area (Å²) in [7, 11) is 0. The first-order valence-electron chi connectivity index (χ1n) is 14.9. The summed E-state index contributed by atoms with van der Waals surface area (Å²) in [4.78, 5) is 22.3. The third-order valence-electron chi connectivity index (χ3n) is 8.13. The van der Waals surface area contributed by atoms with Crippen LogP contribution in [-0.4, -0.2) is 210 Å². The third kappa shape index (κ3) is 8.80. The number of hydrogen-bond acceptors (Lipinski definition) is 21. The van der Waals surface area contributed by atoms with E-state index in [2.05, 4.69) is 0 Å². The van der Waals surface area contributed by atoms with Crippen molar-refractivity contribution in [2.24, 2.45) is 5.73 Å². The Morgan fingerprint density at radius 1 is 0.735 bits per heavy atom. The van der Waals surface area contributed by atoms with E-state index in [4.69, 9.17) is 48.7 Å². The Kier molecular flexibility index (Phi) is 13.6. The van der Waals surface area contributed by atoms with Crippen LogP contribution in [0.4, 0.5) is 0 Å². The van der Waals surface area contributed by atoms with Crippen LogP contribution in [0.15, 0.2) is 11.8 Å². The van der Waals surface area contributed by atoms with Crippen LogP contribution in [0.25, 0.3) is 0 Å². The van der Waals surface area contributed by atoms with E-state index in [1.807, 2.05) is 0 Å². The smallest absolute Gasteiger partial charge is 0.371 e. The molecule has 3 fully saturated rings. The maximum absolute atomic E-state index is 11.4. The minimum atomic E-state index is -2.09. The minimum absolute atomic E-state index is 0.516. The number of aliphatic hydroxyl groups is 10. The number of aliphatic hydroxyl groups excluding tert-OH is 10. The molecule has 4 rings (SSSR count). The lowest BCUT2D eigenvalue weighted by atomic mass is 9.96. The van der Waals surface area contributed by atoms with Gasteiger partial charge in [0.15, 0.2) is 18.9 Å². The number of rotatable bonds is 13. The van der Waals surface area contributed by atoms with Crippen molar-refractivity contribution in [1.82, 2.24) is 0 Å². The van der Waals surface area contributed by atoms with Crippen LogP contribution in [-0.2, 0) is 47.5 Å². The van der Waals surface area contributed by atoms with Gasteiger partial charge in [0, 0.05) is 0 Å². The van der Waals surface area contributed by atoms with Crippen LogP contribution < -0.4 is 5.73 Å². The van der Waals surface area contributed by atoms with Crippen molar-refractivity contribution in [2.45, 2.75) is 111 Å². The summed E-state index contributed by atoms with van der Waals surface area (Å²) in [6.45, 7) is -2.92. The normalized spacial score (nSPS) is 45.2. The van der Waals surface area contributed by atoms with Gasteiger partial charge >= 0.3 is 11.9 Å². The molecule has 11 unspecified atom stereocenters. The van der Waals surface area contributed by atoms with Crippen LogP contribution in [0.3, 0.4) is 0 Å². The fourth-order valence-electron chi connectivity index (χ4n) is 5.32. The van der Waals surface area contributed by atoms with E-state index in [1.165, 1.54) is 0 Å². The van der Waals surface area contributed by atoms with Crippen molar-refractivity contribution in [1.29, 1.82) is 0 Å². The molecular formula is C26H41NO22. The van der Waals surface area contributed by atoms with Crippen molar-refractivity contribution < 1.29 is 109 Å². The van der Waals surface area contributed by atoms with Gasteiger partial charge < -0.3 is 105 Å². The van der Waals surface area contributed by atoms with Crippen molar-refractivity contribution in [2.75, 3.05) is 26.4 Å². The summed E-state index contributed by atoms with van der Waals surface area (Å²) >= 11 is 0. The predicted molar refractivity (Wildman–Crippen MR) is 146 cm³/mol. The summed E-state index contributed by atoms with van der Waals surface area (Å²) in [6, 6.07) is -1.46. The molecule has 282 valence electrons. The van der Waals surface area contributed by atoms with Crippen LogP contribution >= 0.6 is 0 Å². The highest BCUT2D eigenvalue weighted by atomic mass is 16.8. The Balaban J connectivity index is 1.46. The molecular weight excluding hydrogens is 678 g/mol. The van der Waals surface area contributed by atoms with E-state index in [0.29, 0.717) is 6.08 Å². The molecule has 23 heteroatoms. The zero-order valence-corrected chi connectivity index (χ0v) is 25.3. The zero-order valence-electron chi connectivity index (χ0n) is 25.3. The zero-order chi connectivity index (χ0) is 36.3. The van der Waals surface area contributed by atoms with E-state index in [-0.39, 0.29) is 0 Å². The first kappa shape index (κ1) is 39.5. The number of nitrogens with two attached hydrogens (primary N) is 1. The molecule has 0 aliphatic carbocycles. The first-order chi connectivity index (χ1) is 23.1.